The van der Waals surface area contributed by atoms with Crippen molar-refractivity contribution < 1.29 is 14.6 Å². The number of phenols is 1. The highest BCUT2D eigenvalue weighted by molar-refractivity contribution is 5.92. The van der Waals surface area contributed by atoms with Crippen LogP contribution >= 0.6 is 0 Å². The standard InChI is InChI=1S/C13H15NO3/c1-2-3-9-17-13(16)14-8-7-10-11(14)5-4-6-12(10)15/h4-8,15H,2-3,9H2,1H3. The first kappa shape index (κ1) is 11.5. The number of ether oxygens (including phenoxy) is 1. The Bertz CT molecular complexity index is 530. The van der Waals surface area contributed by atoms with Crippen molar-refractivity contribution in [2.24, 2.45) is 0 Å². The molecule has 0 aliphatic heterocycles. The van der Waals surface area contributed by atoms with Gasteiger partial charge < -0.3 is 9.84 Å². The Morgan fingerprint density at radius 3 is 3.00 bits per heavy atom. The largest absolute Gasteiger partial charge is 0.507 e. The van der Waals surface area contributed by atoms with Gasteiger partial charge in [-0.1, -0.05) is 19.4 Å². The topological polar surface area (TPSA) is 51.5 Å². The molecule has 0 saturated heterocycles. The van der Waals surface area contributed by atoms with Crippen LogP contribution in [0, 0.1) is 0 Å². The lowest BCUT2D eigenvalue weighted by Gasteiger charge is -2.05. The molecule has 0 aliphatic rings. The number of phenolic OH excluding ortho intramolecular Hbond substituents is 1. The second kappa shape index (κ2) is 4.91. The van der Waals surface area contributed by atoms with Crippen LogP contribution in [0.4, 0.5) is 4.79 Å². The van der Waals surface area contributed by atoms with E-state index in [0.717, 1.165) is 12.8 Å². The fourth-order valence-corrected chi connectivity index (χ4v) is 1.68. The minimum absolute atomic E-state index is 0.169. The number of benzene rings is 1. The molecule has 0 aliphatic carbocycles. The number of rotatable bonds is 3. The van der Waals surface area contributed by atoms with Crippen molar-refractivity contribution in [1.29, 1.82) is 0 Å². The van der Waals surface area contributed by atoms with Crippen LogP contribution in [-0.4, -0.2) is 22.4 Å². The van der Waals surface area contributed by atoms with E-state index in [0.29, 0.717) is 17.5 Å². The number of carbonyl (C=O) groups excluding carboxylic acids is 1. The first-order chi connectivity index (χ1) is 8.24. The monoisotopic (exact) mass is 233 g/mol. The summed E-state index contributed by atoms with van der Waals surface area (Å²) in [7, 11) is 0. The maximum Gasteiger partial charge on any atom is 0.418 e. The van der Waals surface area contributed by atoms with Crippen molar-refractivity contribution >= 4 is 17.0 Å². The highest BCUT2D eigenvalue weighted by Gasteiger charge is 2.11. The second-order valence-corrected chi connectivity index (χ2v) is 3.86. The third kappa shape index (κ3) is 2.25. The molecule has 2 rings (SSSR count). The average Bonchev–Trinajstić information content (AvgIpc) is 2.74. The number of hydrogen-bond acceptors (Lipinski definition) is 3. The molecule has 17 heavy (non-hydrogen) atoms. The summed E-state index contributed by atoms with van der Waals surface area (Å²) < 4.78 is 6.52. The lowest BCUT2D eigenvalue weighted by molar-refractivity contribution is 0.147. The van der Waals surface area contributed by atoms with E-state index in [1.165, 1.54) is 4.57 Å². The summed E-state index contributed by atoms with van der Waals surface area (Å²) >= 11 is 0. The molecule has 0 spiro atoms. The van der Waals surface area contributed by atoms with Crippen LogP contribution in [0.5, 0.6) is 5.75 Å². The zero-order valence-corrected chi connectivity index (χ0v) is 9.72. The van der Waals surface area contributed by atoms with Gasteiger partial charge in [-0.3, -0.25) is 4.57 Å². The van der Waals surface area contributed by atoms with Gasteiger partial charge >= 0.3 is 6.09 Å². The molecule has 0 atom stereocenters. The van der Waals surface area contributed by atoms with Gasteiger partial charge in [0, 0.05) is 11.6 Å². The van der Waals surface area contributed by atoms with Crippen LogP contribution in [0.3, 0.4) is 0 Å². The molecular formula is C13H15NO3. The number of aromatic hydroxyl groups is 1. The maximum absolute atomic E-state index is 11.8. The molecular weight excluding hydrogens is 218 g/mol. The lowest BCUT2D eigenvalue weighted by atomic mass is 10.2. The Hall–Kier alpha value is -1.97. The van der Waals surface area contributed by atoms with E-state index in [-0.39, 0.29) is 5.75 Å². The van der Waals surface area contributed by atoms with E-state index in [2.05, 4.69) is 0 Å². The van der Waals surface area contributed by atoms with Gasteiger partial charge in [0.2, 0.25) is 0 Å². The molecule has 2 aromatic rings. The highest BCUT2D eigenvalue weighted by Crippen LogP contribution is 2.25. The predicted molar refractivity (Wildman–Crippen MR) is 65.3 cm³/mol. The Kier molecular flexibility index (Phi) is 3.32. The summed E-state index contributed by atoms with van der Waals surface area (Å²) in [5, 5.41) is 10.3. The number of aromatic nitrogens is 1. The lowest BCUT2D eigenvalue weighted by Crippen LogP contribution is -2.13. The molecule has 90 valence electrons. The van der Waals surface area contributed by atoms with Gasteiger partial charge in [-0.25, -0.2) is 4.79 Å². The SMILES string of the molecule is CCCCOC(=O)n1ccc2c(O)cccc21. The summed E-state index contributed by atoms with van der Waals surface area (Å²) in [6.07, 6.45) is 3.05. The van der Waals surface area contributed by atoms with Crippen molar-refractivity contribution in [2.45, 2.75) is 19.8 Å². The zero-order chi connectivity index (χ0) is 12.3. The van der Waals surface area contributed by atoms with Crippen molar-refractivity contribution in [3.63, 3.8) is 0 Å². The first-order valence-electron chi connectivity index (χ1n) is 5.70. The summed E-state index contributed by atoms with van der Waals surface area (Å²) in [6.45, 7) is 2.46. The minimum atomic E-state index is -0.404. The van der Waals surface area contributed by atoms with E-state index < -0.39 is 6.09 Å². The van der Waals surface area contributed by atoms with Crippen molar-refractivity contribution in [3.05, 3.63) is 30.5 Å². The zero-order valence-electron chi connectivity index (χ0n) is 9.72. The van der Waals surface area contributed by atoms with Gasteiger partial charge in [0.25, 0.3) is 0 Å². The van der Waals surface area contributed by atoms with Crippen LogP contribution in [0.2, 0.25) is 0 Å². The number of carbonyl (C=O) groups is 1. The maximum atomic E-state index is 11.8. The summed E-state index contributed by atoms with van der Waals surface area (Å²) in [5.74, 6) is 0.169. The van der Waals surface area contributed by atoms with Gasteiger partial charge in [0.15, 0.2) is 0 Å². The van der Waals surface area contributed by atoms with E-state index >= 15 is 0 Å². The number of hydrogen-bond donors (Lipinski definition) is 1. The molecule has 1 aromatic heterocycles. The van der Waals surface area contributed by atoms with E-state index in [9.17, 15) is 9.90 Å². The molecule has 4 heteroatoms. The van der Waals surface area contributed by atoms with E-state index in [1.807, 2.05) is 6.92 Å². The summed E-state index contributed by atoms with van der Waals surface area (Å²) in [6, 6.07) is 6.77. The molecule has 4 nitrogen and oxygen atoms in total. The molecule has 0 unspecified atom stereocenters. The predicted octanol–water partition coefficient (Wildman–Crippen LogP) is 3.13. The molecule has 1 heterocycles. The number of nitrogens with zero attached hydrogens (tertiary/aromatic N) is 1. The molecule has 0 fully saturated rings. The van der Waals surface area contributed by atoms with E-state index in [1.54, 1.807) is 30.5 Å². The minimum Gasteiger partial charge on any atom is -0.507 e. The van der Waals surface area contributed by atoms with Gasteiger partial charge in [-0.2, -0.15) is 0 Å². The van der Waals surface area contributed by atoms with Gasteiger partial charge in [0.1, 0.15) is 5.75 Å². The highest BCUT2D eigenvalue weighted by atomic mass is 16.5. The van der Waals surface area contributed by atoms with Crippen LogP contribution < -0.4 is 0 Å². The van der Waals surface area contributed by atoms with Crippen molar-refractivity contribution in [3.8, 4) is 5.75 Å². The van der Waals surface area contributed by atoms with Gasteiger partial charge in [-0.15, -0.1) is 0 Å². The Balaban J connectivity index is 2.24. The second-order valence-electron chi connectivity index (χ2n) is 3.86. The molecule has 0 saturated carbocycles. The van der Waals surface area contributed by atoms with Crippen molar-refractivity contribution in [1.82, 2.24) is 4.57 Å². The van der Waals surface area contributed by atoms with Crippen molar-refractivity contribution in [2.75, 3.05) is 6.61 Å². The van der Waals surface area contributed by atoms with Gasteiger partial charge in [0.05, 0.1) is 12.1 Å². The van der Waals surface area contributed by atoms with Crippen LogP contribution in [0.15, 0.2) is 30.5 Å². The fourth-order valence-electron chi connectivity index (χ4n) is 1.68. The normalized spacial score (nSPS) is 10.6. The Morgan fingerprint density at radius 2 is 2.24 bits per heavy atom. The molecule has 0 bridgehead atoms. The Labute approximate surface area is 99.4 Å². The quantitative estimate of drug-likeness (QED) is 0.828. The molecule has 1 N–H and O–H groups in total. The van der Waals surface area contributed by atoms with Crippen LogP contribution in [-0.2, 0) is 4.74 Å². The molecule has 0 radical (unpaired) electrons. The smallest absolute Gasteiger partial charge is 0.418 e. The van der Waals surface area contributed by atoms with Gasteiger partial charge in [-0.05, 0) is 24.6 Å². The molecule has 0 amide bonds. The number of fused-ring (bicyclic) bond motifs is 1. The average molecular weight is 233 g/mol. The van der Waals surface area contributed by atoms with E-state index in [4.69, 9.17) is 4.74 Å². The fraction of sp³-hybridized carbons (Fsp3) is 0.308. The molecule has 1 aromatic carbocycles. The van der Waals surface area contributed by atoms with Crippen LogP contribution in [0.1, 0.15) is 19.8 Å². The summed E-state index contributed by atoms with van der Waals surface area (Å²) in [4.78, 5) is 11.8. The number of unbranched alkanes of at least 4 members (excludes halogenated alkanes) is 1. The summed E-state index contributed by atoms with van der Waals surface area (Å²) in [5.41, 5.74) is 0.659. The Morgan fingerprint density at radius 1 is 1.41 bits per heavy atom. The van der Waals surface area contributed by atoms with Crippen LogP contribution in [0.25, 0.3) is 10.9 Å². The third-order valence-electron chi connectivity index (χ3n) is 2.63. The first-order valence-corrected chi connectivity index (χ1v) is 5.70. The third-order valence-corrected chi connectivity index (χ3v) is 2.63.